The fourth-order valence-electron chi connectivity index (χ4n) is 4.16. The van der Waals surface area contributed by atoms with E-state index in [9.17, 15) is 33.0 Å². The van der Waals surface area contributed by atoms with Crippen LogP contribution in [0.1, 0.15) is 24.2 Å². The maximum absolute atomic E-state index is 13.1. The van der Waals surface area contributed by atoms with Crippen LogP contribution in [-0.2, 0) is 16.1 Å². The first-order chi connectivity index (χ1) is 19.4. The zero-order valence-corrected chi connectivity index (χ0v) is 21.8. The third-order valence-corrected chi connectivity index (χ3v) is 6.91. The lowest BCUT2D eigenvalue weighted by molar-refractivity contribution is -0.212. The van der Waals surface area contributed by atoms with Gasteiger partial charge in [0.1, 0.15) is 24.0 Å². The molecule has 1 unspecified atom stereocenters. The Kier molecular flexibility index (Phi) is 7.31. The van der Waals surface area contributed by atoms with Crippen molar-refractivity contribution in [3.8, 4) is 5.69 Å². The summed E-state index contributed by atoms with van der Waals surface area (Å²) < 4.78 is 40.7. The number of nitrogens with two attached hydrogens (primary N) is 1. The zero-order chi connectivity index (χ0) is 29.5. The molecule has 17 heteroatoms. The van der Waals surface area contributed by atoms with E-state index in [1.165, 1.54) is 41.5 Å². The predicted molar refractivity (Wildman–Crippen MR) is 137 cm³/mol. The van der Waals surface area contributed by atoms with Gasteiger partial charge in [-0.25, -0.2) is 19.7 Å². The van der Waals surface area contributed by atoms with Crippen molar-refractivity contribution in [2.45, 2.75) is 38.0 Å². The van der Waals surface area contributed by atoms with E-state index in [1.807, 2.05) is 0 Å². The van der Waals surface area contributed by atoms with E-state index in [4.69, 9.17) is 17.3 Å². The number of benzene rings is 1. The Morgan fingerprint density at radius 2 is 1.90 bits per heavy atom. The SMILES string of the molecule is NC(=O)C1(C(=O)Nc2ncccc2-n2cnc(CN3N=C(c4ccc(Cl)cc4)N(C[C@H](O)C(F)(F)F)C3O)n2)CC1. The van der Waals surface area contributed by atoms with E-state index in [-0.39, 0.29) is 24.0 Å². The summed E-state index contributed by atoms with van der Waals surface area (Å²) in [5.74, 6) is -1.14. The molecule has 5 N–H and O–H groups in total. The number of rotatable bonds is 9. The van der Waals surface area contributed by atoms with Crippen LogP contribution in [0.4, 0.5) is 19.0 Å². The summed E-state index contributed by atoms with van der Waals surface area (Å²) >= 11 is 5.93. The Balaban J connectivity index is 1.37. The molecular weight excluding hydrogens is 571 g/mol. The number of β-amino-alcohol motifs (C(OH)–C–C–N with tert-alkyl or cyclic N) is 1. The first-order valence-corrected chi connectivity index (χ1v) is 12.5. The van der Waals surface area contributed by atoms with Crippen molar-refractivity contribution >= 4 is 35.1 Å². The number of pyridine rings is 1. The number of amides is 2. The maximum atomic E-state index is 13.1. The molecular formula is C24H23ClF3N9O4. The molecule has 1 aromatic carbocycles. The van der Waals surface area contributed by atoms with Crippen LogP contribution >= 0.6 is 11.6 Å². The number of carbonyl (C=O) groups excluding carboxylic acids is 2. The molecule has 5 rings (SSSR count). The molecule has 1 fully saturated rings. The molecule has 216 valence electrons. The third kappa shape index (κ3) is 5.66. The monoisotopic (exact) mass is 593 g/mol. The number of amidine groups is 1. The van der Waals surface area contributed by atoms with Crippen LogP contribution in [0.5, 0.6) is 0 Å². The quantitative estimate of drug-likeness (QED) is 0.266. The molecule has 2 aliphatic rings. The van der Waals surface area contributed by atoms with Gasteiger partial charge < -0.3 is 26.2 Å². The summed E-state index contributed by atoms with van der Waals surface area (Å²) in [6.07, 6.45) is -5.98. The normalized spacial score (nSPS) is 18.7. The number of aliphatic hydroxyl groups is 2. The number of nitrogens with one attached hydrogen (secondary N) is 1. The highest BCUT2D eigenvalue weighted by atomic mass is 35.5. The van der Waals surface area contributed by atoms with Gasteiger partial charge in [-0.3, -0.25) is 9.59 Å². The van der Waals surface area contributed by atoms with Crippen molar-refractivity contribution < 1.29 is 33.0 Å². The first-order valence-electron chi connectivity index (χ1n) is 12.2. The molecule has 2 atom stereocenters. The van der Waals surface area contributed by atoms with E-state index >= 15 is 0 Å². The number of nitrogens with zero attached hydrogens (tertiary/aromatic N) is 7. The van der Waals surface area contributed by atoms with Crippen LogP contribution in [0.2, 0.25) is 5.02 Å². The smallest absolute Gasteiger partial charge is 0.382 e. The summed E-state index contributed by atoms with van der Waals surface area (Å²) in [4.78, 5) is 33.6. The second kappa shape index (κ2) is 10.6. The number of aromatic nitrogens is 4. The van der Waals surface area contributed by atoms with Crippen LogP contribution < -0.4 is 11.1 Å². The van der Waals surface area contributed by atoms with Crippen molar-refractivity contribution in [1.82, 2.24) is 29.7 Å². The van der Waals surface area contributed by atoms with E-state index in [2.05, 4.69) is 25.5 Å². The summed E-state index contributed by atoms with van der Waals surface area (Å²) in [6.45, 7) is -1.23. The molecule has 2 amide bonds. The summed E-state index contributed by atoms with van der Waals surface area (Å²) in [5, 5.41) is 33.2. The number of hydrogen-bond donors (Lipinski definition) is 4. The first kappa shape index (κ1) is 28.3. The molecule has 2 aromatic heterocycles. The van der Waals surface area contributed by atoms with E-state index in [1.54, 1.807) is 12.1 Å². The molecule has 0 radical (unpaired) electrons. The molecule has 0 bridgehead atoms. The lowest BCUT2D eigenvalue weighted by Gasteiger charge is -2.29. The van der Waals surface area contributed by atoms with Crippen molar-refractivity contribution in [1.29, 1.82) is 0 Å². The molecule has 1 saturated carbocycles. The van der Waals surface area contributed by atoms with Gasteiger partial charge in [-0.05, 0) is 49.2 Å². The van der Waals surface area contributed by atoms with Crippen LogP contribution in [0, 0.1) is 5.41 Å². The van der Waals surface area contributed by atoms with Crippen LogP contribution in [0.15, 0.2) is 54.0 Å². The second-order valence-electron chi connectivity index (χ2n) is 9.46. The number of carbonyl (C=O) groups is 2. The van der Waals surface area contributed by atoms with Gasteiger partial charge in [0, 0.05) is 16.8 Å². The van der Waals surface area contributed by atoms with Crippen molar-refractivity contribution in [3.63, 3.8) is 0 Å². The largest absolute Gasteiger partial charge is 0.416 e. The number of primary amides is 1. The highest BCUT2D eigenvalue weighted by molar-refractivity contribution is 6.30. The lowest BCUT2D eigenvalue weighted by Crippen LogP contribution is -2.49. The minimum Gasteiger partial charge on any atom is -0.382 e. The Morgan fingerprint density at radius 1 is 1.20 bits per heavy atom. The Bertz CT molecular complexity index is 1490. The molecule has 13 nitrogen and oxygen atoms in total. The van der Waals surface area contributed by atoms with Gasteiger partial charge in [-0.15, -0.1) is 5.10 Å². The Morgan fingerprint density at radius 3 is 2.54 bits per heavy atom. The van der Waals surface area contributed by atoms with Gasteiger partial charge in [-0.1, -0.05) is 11.6 Å². The topological polar surface area (TPSA) is 175 Å². The zero-order valence-electron chi connectivity index (χ0n) is 21.0. The number of aliphatic hydroxyl groups excluding tert-OH is 2. The van der Waals surface area contributed by atoms with Crippen LogP contribution in [0.3, 0.4) is 0 Å². The minimum absolute atomic E-state index is 0.0300. The average molecular weight is 594 g/mol. The summed E-state index contributed by atoms with van der Waals surface area (Å²) in [5.41, 5.74) is 4.76. The molecule has 0 saturated heterocycles. The standard InChI is InChI=1S/C24H23ClF3N9O4/c25-14-5-3-13(4-6-14)19-34-36(22(41)35(19)10-16(38)24(26,27)28)11-17-31-12-37(33-17)15-2-1-9-30-18(15)32-21(40)23(7-8-23)20(29)39/h1-6,9,12,16,22,38,41H,7-8,10-11H2,(H2,29,39)(H,30,32,40)/t16-,22?/m0/s1. The number of alkyl halides is 3. The molecule has 1 aliphatic carbocycles. The highest BCUT2D eigenvalue weighted by Gasteiger charge is 2.55. The van der Waals surface area contributed by atoms with Gasteiger partial charge in [0.15, 0.2) is 23.6 Å². The fraction of sp³-hybridized carbons (Fsp3) is 0.333. The molecule has 3 aromatic rings. The highest BCUT2D eigenvalue weighted by Crippen LogP contribution is 2.46. The van der Waals surface area contributed by atoms with E-state index in [0.29, 0.717) is 29.1 Å². The molecule has 3 heterocycles. The Hall–Kier alpha value is -4.28. The van der Waals surface area contributed by atoms with E-state index in [0.717, 1.165) is 9.91 Å². The fourth-order valence-corrected chi connectivity index (χ4v) is 4.28. The molecule has 41 heavy (non-hydrogen) atoms. The van der Waals surface area contributed by atoms with Gasteiger partial charge in [0.2, 0.25) is 18.2 Å². The summed E-state index contributed by atoms with van der Waals surface area (Å²) in [7, 11) is 0. The predicted octanol–water partition coefficient (Wildman–Crippen LogP) is 1.20. The van der Waals surface area contributed by atoms with Crippen LogP contribution in [-0.4, -0.2) is 82.7 Å². The minimum atomic E-state index is -4.92. The van der Waals surface area contributed by atoms with Gasteiger partial charge >= 0.3 is 6.18 Å². The lowest BCUT2D eigenvalue weighted by atomic mass is 10.1. The van der Waals surface area contributed by atoms with Gasteiger partial charge in [0.25, 0.3) is 0 Å². The average Bonchev–Trinajstić information content (AvgIpc) is 3.54. The number of hydrazone groups is 1. The molecule has 0 spiro atoms. The summed E-state index contributed by atoms with van der Waals surface area (Å²) in [6, 6.07) is 9.22. The van der Waals surface area contributed by atoms with Crippen molar-refractivity contribution in [2.24, 2.45) is 16.3 Å². The van der Waals surface area contributed by atoms with Gasteiger partial charge in [-0.2, -0.15) is 18.3 Å². The number of anilines is 1. The Labute approximate surface area is 235 Å². The number of hydrogen-bond acceptors (Lipinski definition) is 10. The van der Waals surface area contributed by atoms with Crippen LogP contribution in [0.25, 0.3) is 5.69 Å². The van der Waals surface area contributed by atoms with Crippen molar-refractivity contribution in [2.75, 3.05) is 11.9 Å². The van der Waals surface area contributed by atoms with Gasteiger partial charge in [0.05, 0.1) is 6.54 Å². The third-order valence-electron chi connectivity index (χ3n) is 6.65. The second-order valence-corrected chi connectivity index (χ2v) is 9.90. The number of halogens is 4. The molecule has 1 aliphatic heterocycles. The van der Waals surface area contributed by atoms with Crippen molar-refractivity contribution in [3.05, 3.63) is 65.3 Å². The maximum Gasteiger partial charge on any atom is 0.416 e. The van der Waals surface area contributed by atoms with E-state index < -0.39 is 42.4 Å².